The first-order valence-corrected chi connectivity index (χ1v) is 10.6. The van der Waals surface area contributed by atoms with Gasteiger partial charge >= 0.3 is 0 Å². The number of thiazole rings is 1. The van der Waals surface area contributed by atoms with E-state index in [1.807, 2.05) is 33.3 Å². The van der Waals surface area contributed by atoms with Crippen LogP contribution in [-0.4, -0.2) is 38.4 Å². The Balaban J connectivity index is 1.70. The molecule has 1 aromatic carbocycles. The molecule has 1 fully saturated rings. The van der Waals surface area contributed by atoms with Gasteiger partial charge in [0.15, 0.2) is 0 Å². The lowest BCUT2D eigenvalue weighted by molar-refractivity contribution is 0.406. The minimum absolute atomic E-state index is 0.103. The maximum Gasteiger partial charge on any atom is 0.241 e. The molecule has 8 heteroatoms. The first-order valence-electron chi connectivity index (χ1n) is 8.29. The van der Waals surface area contributed by atoms with Crippen LogP contribution in [0.5, 0.6) is 0 Å². The number of sulfonamides is 1. The summed E-state index contributed by atoms with van der Waals surface area (Å²) >= 11 is 1.67. The fourth-order valence-corrected chi connectivity index (χ4v) is 5.12. The quantitative estimate of drug-likeness (QED) is 0.736. The lowest BCUT2D eigenvalue weighted by Crippen LogP contribution is -2.26. The molecule has 1 heterocycles. The Morgan fingerprint density at radius 3 is 2.76 bits per heavy atom. The largest absolute Gasteiger partial charge is 0.378 e. The van der Waals surface area contributed by atoms with Crippen molar-refractivity contribution in [3.63, 3.8) is 0 Å². The van der Waals surface area contributed by atoms with Crippen LogP contribution in [0.2, 0.25) is 0 Å². The zero-order valence-electron chi connectivity index (χ0n) is 14.7. The number of benzene rings is 1. The maximum atomic E-state index is 12.5. The summed E-state index contributed by atoms with van der Waals surface area (Å²) in [7, 11) is 0.610. The van der Waals surface area contributed by atoms with Gasteiger partial charge in [-0.1, -0.05) is 6.07 Å². The Labute approximate surface area is 153 Å². The molecule has 1 aromatic heterocycles. The van der Waals surface area contributed by atoms with Gasteiger partial charge in [0.25, 0.3) is 0 Å². The number of hydrogen-bond acceptors (Lipinski definition) is 6. The maximum absolute atomic E-state index is 12.5. The molecule has 1 aliphatic carbocycles. The Bertz CT molecular complexity index is 842. The van der Waals surface area contributed by atoms with E-state index in [0.717, 1.165) is 35.6 Å². The highest BCUT2D eigenvalue weighted by Crippen LogP contribution is 2.27. The molecular weight excluding hydrogens is 356 g/mol. The minimum Gasteiger partial charge on any atom is -0.378 e. The first kappa shape index (κ1) is 18.3. The highest BCUT2D eigenvalue weighted by molar-refractivity contribution is 7.89. The molecule has 25 heavy (non-hydrogen) atoms. The van der Waals surface area contributed by atoms with Crippen LogP contribution in [-0.2, 0) is 23.1 Å². The Kier molecular flexibility index (Phi) is 5.43. The molecule has 0 spiro atoms. The van der Waals surface area contributed by atoms with Gasteiger partial charge in [-0.15, -0.1) is 11.3 Å². The molecule has 0 aliphatic heterocycles. The molecule has 6 nitrogen and oxygen atoms in total. The summed E-state index contributed by atoms with van der Waals surface area (Å²) in [6.45, 7) is 3.29. The van der Waals surface area contributed by atoms with Crippen LogP contribution in [0.3, 0.4) is 0 Å². The smallest absolute Gasteiger partial charge is 0.241 e. The summed E-state index contributed by atoms with van der Waals surface area (Å²) in [4.78, 5) is 8.09. The normalized spacial score (nSPS) is 14.9. The fraction of sp³-hybridized carbons (Fsp3) is 0.471. The third-order valence-electron chi connectivity index (χ3n) is 3.98. The van der Waals surface area contributed by atoms with Gasteiger partial charge in [-0.05, 0) is 51.6 Å². The van der Waals surface area contributed by atoms with Crippen molar-refractivity contribution >= 4 is 27.0 Å². The van der Waals surface area contributed by atoms with Crippen LogP contribution in [0.15, 0.2) is 29.3 Å². The SMILES string of the molecule is Cc1c(NCc2ncc(CN(C)C)s2)cccc1S(=O)(=O)NC1CC1. The Morgan fingerprint density at radius 2 is 2.08 bits per heavy atom. The number of anilines is 1. The van der Waals surface area contributed by atoms with Crippen LogP contribution in [0, 0.1) is 6.92 Å². The molecule has 0 bridgehead atoms. The minimum atomic E-state index is -3.45. The first-order chi connectivity index (χ1) is 11.8. The van der Waals surface area contributed by atoms with Crippen molar-refractivity contribution in [1.82, 2.24) is 14.6 Å². The summed E-state index contributed by atoms with van der Waals surface area (Å²) in [6.07, 6.45) is 3.75. The molecule has 0 saturated heterocycles. The van der Waals surface area contributed by atoms with Crippen LogP contribution in [0.4, 0.5) is 5.69 Å². The van der Waals surface area contributed by atoms with Crippen LogP contribution >= 0.6 is 11.3 Å². The second-order valence-corrected chi connectivity index (χ2v) is 9.52. The van der Waals surface area contributed by atoms with Gasteiger partial charge in [0.2, 0.25) is 10.0 Å². The topological polar surface area (TPSA) is 74.3 Å². The van der Waals surface area contributed by atoms with Gasteiger partial charge in [-0.25, -0.2) is 18.1 Å². The summed E-state index contributed by atoms with van der Waals surface area (Å²) in [5.74, 6) is 0. The van der Waals surface area contributed by atoms with Crippen molar-refractivity contribution in [3.05, 3.63) is 39.8 Å². The molecular formula is C17H24N4O2S2. The van der Waals surface area contributed by atoms with E-state index < -0.39 is 10.0 Å². The molecule has 1 aliphatic rings. The van der Waals surface area contributed by atoms with E-state index in [4.69, 9.17) is 0 Å². The lowest BCUT2D eigenvalue weighted by Gasteiger charge is -2.13. The van der Waals surface area contributed by atoms with Crippen molar-refractivity contribution in [1.29, 1.82) is 0 Å². The van der Waals surface area contributed by atoms with Crippen LogP contribution in [0.1, 0.15) is 28.3 Å². The Hall–Kier alpha value is -1.48. The van der Waals surface area contributed by atoms with Gasteiger partial charge in [0.05, 0.1) is 11.4 Å². The van der Waals surface area contributed by atoms with E-state index in [2.05, 4.69) is 19.9 Å². The van der Waals surface area contributed by atoms with Crippen molar-refractivity contribution in [2.75, 3.05) is 19.4 Å². The zero-order chi connectivity index (χ0) is 18.0. The monoisotopic (exact) mass is 380 g/mol. The van der Waals surface area contributed by atoms with Gasteiger partial charge in [-0.3, -0.25) is 0 Å². The standard InChI is InChI=1S/C17H24N4O2S2/c1-12-15(18-10-17-19-9-14(24-17)11-21(2)3)5-4-6-16(12)25(22,23)20-13-7-8-13/h4-6,9,13,18,20H,7-8,10-11H2,1-3H3. The van der Waals surface area contributed by atoms with E-state index in [9.17, 15) is 8.42 Å². The molecule has 0 radical (unpaired) electrons. The predicted molar refractivity (Wildman–Crippen MR) is 101 cm³/mol. The number of rotatable bonds is 8. The third kappa shape index (κ3) is 4.78. The average molecular weight is 381 g/mol. The van der Waals surface area contributed by atoms with E-state index in [-0.39, 0.29) is 6.04 Å². The van der Waals surface area contributed by atoms with E-state index in [0.29, 0.717) is 11.4 Å². The van der Waals surface area contributed by atoms with Gasteiger partial charge in [0.1, 0.15) is 5.01 Å². The number of hydrogen-bond donors (Lipinski definition) is 2. The third-order valence-corrected chi connectivity index (χ3v) is 6.62. The second kappa shape index (κ2) is 7.41. The summed E-state index contributed by atoms with van der Waals surface area (Å²) in [5, 5.41) is 4.31. The Morgan fingerprint density at radius 1 is 1.32 bits per heavy atom. The van der Waals surface area contributed by atoms with Crippen molar-refractivity contribution in [3.8, 4) is 0 Å². The van der Waals surface area contributed by atoms with Crippen molar-refractivity contribution in [2.45, 2.75) is 43.8 Å². The van der Waals surface area contributed by atoms with E-state index in [1.54, 1.807) is 23.5 Å². The number of aromatic nitrogens is 1. The summed E-state index contributed by atoms with van der Waals surface area (Å²) in [6, 6.07) is 5.44. The van der Waals surface area contributed by atoms with Gasteiger partial charge < -0.3 is 10.2 Å². The highest BCUT2D eigenvalue weighted by Gasteiger charge is 2.29. The van der Waals surface area contributed by atoms with Crippen LogP contribution < -0.4 is 10.0 Å². The predicted octanol–water partition coefficient (Wildman–Crippen LogP) is 2.57. The average Bonchev–Trinajstić information content (AvgIpc) is 3.22. The van der Waals surface area contributed by atoms with Gasteiger partial charge in [-0.2, -0.15) is 0 Å². The van der Waals surface area contributed by atoms with E-state index >= 15 is 0 Å². The summed E-state index contributed by atoms with van der Waals surface area (Å²) < 4.78 is 27.7. The van der Waals surface area contributed by atoms with E-state index in [1.165, 1.54) is 4.88 Å². The number of nitrogens with zero attached hydrogens (tertiary/aromatic N) is 2. The second-order valence-electron chi connectivity index (χ2n) is 6.64. The molecule has 1 saturated carbocycles. The molecule has 3 rings (SSSR count). The fourth-order valence-electron chi connectivity index (χ4n) is 2.57. The van der Waals surface area contributed by atoms with Crippen molar-refractivity contribution in [2.24, 2.45) is 0 Å². The molecule has 2 aromatic rings. The molecule has 136 valence electrons. The molecule has 0 atom stereocenters. The molecule has 0 amide bonds. The van der Waals surface area contributed by atoms with Gasteiger partial charge in [0, 0.05) is 29.3 Å². The molecule has 0 unspecified atom stereocenters. The highest BCUT2D eigenvalue weighted by atomic mass is 32.2. The summed E-state index contributed by atoms with van der Waals surface area (Å²) in [5.41, 5.74) is 1.56. The van der Waals surface area contributed by atoms with Crippen LogP contribution in [0.25, 0.3) is 0 Å². The van der Waals surface area contributed by atoms with Crippen molar-refractivity contribution < 1.29 is 8.42 Å². The number of nitrogens with one attached hydrogen (secondary N) is 2. The molecule has 2 N–H and O–H groups in total. The zero-order valence-corrected chi connectivity index (χ0v) is 16.4. The lowest BCUT2D eigenvalue weighted by atomic mass is 10.2.